The molecule has 0 spiro atoms. The van der Waals surface area contributed by atoms with Crippen molar-refractivity contribution in [3.63, 3.8) is 0 Å². The molecule has 0 bridgehead atoms. The quantitative estimate of drug-likeness (QED) is 0.731. The predicted octanol–water partition coefficient (Wildman–Crippen LogP) is -0.457. The van der Waals surface area contributed by atoms with Crippen molar-refractivity contribution >= 4 is 0 Å². The third kappa shape index (κ3) is 3.02. The van der Waals surface area contributed by atoms with Crippen molar-refractivity contribution in [3.05, 3.63) is 18.5 Å². The van der Waals surface area contributed by atoms with Crippen LogP contribution in [0.5, 0.6) is 0 Å². The Morgan fingerprint density at radius 3 is 3.20 bits per heavy atom. The first-order valence-corrected chi connectivity index (χ1v) is 5.40. The zero-order valence-corrected chi connectivity index (χ0v) is 8.88. The monoisotopic (exact) mass is 210 g/mol. The standard InChI is InChI=1S/C10H18N4O/c11-2-5-13-6-7-15-10(8-13)9-14-4-1-3-12-14/h1,3-4,10H,2,5-9,11H2. The fourth-order valence-electron chi connectivity index (χ4n) is 1.89. The second kappa shape index (κ2) is 5.25. The summed E-state index contributed by atoms with van der Waals surface area (Å²) in [5, 5.41) is 4.17. The molecule has 1 saturated heterocycles. The summed E-state index contributed by atoms with van der Waals surface area (Å²) in [6.45, 7) is 5.25. The molecule has 1 aromatic heterocycles. The minimum Gasteiger partial charge on any atom is -0.374 e. The Morgan fingerprint density at radius 1 is 1.53 bits per heavy atom. The highest BCUT2D eigenvalue weighted by Gasteiger charge is 2.19. The Hall–Kier alpha value is -0.910. The first-order chi connectivity index (χ1) is 7.38. The first-order valence-electron chi connectivity index (χ1n) is 5.40. The van der Waals surface area contributed by atoms with Gasteiger partial charge in [0, 0.05) is 38.6 Å². The van der Waals surface area contributed by atoms with Crippen LogP contribution in [-0.4, -0.2) is 53.6 Å². The van der Waals surface area contributed by atoms with Crippen LogP contribution in [0, 0.1) is 0 Å². The van der Waals surface area contributed by atoms with E-state index in [1.807, 2.05) is 16.9 Å². The number of ether oxygens (including phenoxy) is 1. The van der Waals surface area contributed by atoms with Crippen LogP contribution in [0.3, 0.4) is 0 Å². The van der Waals surface area contributed by atoms with Crippen LogP contribution >= 0.6 is 0 Å². The van der Waals surface area contributed by atoms with Gasteiger partial charge in [0.2, 0.25) is 0 Å². The minimum absolute atomic E-state index is 0.241. The molecule has 0 aliphatic carbocycles. The van der Waals surface area contributed by atoms with E-state index in [0.29, 0.717) is 6.54 Å². The molecule has 15 heavy (non-hydrogen) atoms. The fourth-order valence-corrected chi connectivity index (χ4v) is 1.89. The largest absolute Gasteiger partial charge is 0.374 e. The van der Waals surface area contributed by atoms with Crippen LogP contribution in [0.15, 0.2) is 18.5 Å². The number of hydrogen-bond acceptors (Lipinski definition) is 4. The SMILES string of the molecule is NCCN1CCOC(Cn2cccn2)C1. The number of nitrogens with zero attached hydrogens (tertiary/aromatic N) is 3. The molecule has 2 heterocycles. The van der Waals surface area contributed by atoms with Crippen LogP contribution in [0.1, 0.15) is 0 Å². The summed E-state index contributed by atoms with van der Waals surface area (Å²) in [6.07, 6.45) is 4.00. The molecule has 0 saturated carbocycles. The molecule has 1 unspecified atom stereocenters. The third-order valence-corrected chi connectivity index (χ3v) is 2.62. The second-order valence-electron chi connectivity index (χ2n) is 3.81. The van der Waals surface area contributed by atoms with Gasteiger partial charge in [0.25, 0.3) is 0 Å². The number of nitrogens with two attached hydrogens (primary N) is 1. The Labute approximate surface area is 89.8 Å². The van der Waals surface area contributed by atoms with Crippen LogP contribution in [-0.2, 0) is 11.3 Å². The number of aromatic nitrogens is 2. The zero-order chi connectivity index (χ0) is 10.5. The van der Waals surface area contributed by atoms with Gasteiger partial charge >= 0.3 is 0 Å². The summed E-state index contributed by atoms with van der Waals surface area (Å²) >= 11 is 0. The second-order valence-corrected chi connectivity index (χ2v) is 3.81. The van der Waals surface area contributed by atoms with Crippen LogP contribution in [0.25, 0.3) is 0 Å². The summed E-state index contributed by atoms with van der Waals surface area (Å²) in [5.41, 5.74) is 5.54. The van der Waals surface area contributed by atoms with E-state index in [1.54, 1.807) is 6.20 Å². The highest BCUT2D eigenvalue weighted by molar-refractivity contribution is 4.80. The Kier molecular flexibility index (Phi) is 3.71. The summed E-state index contributed by atoms with van der Waals surface area (Å²) < 4.78 is 7.60. The molecular formula is C10H18N4O. The fraction of sp³-hybridized carbons (Fsp3) is 0.700. The maximum absolute atomic E-state index is 5.68. The molecule has 2 rings (SSSR count). The van der Waals surface area contributed by atoms with E-state index in [9.17, 15) is 0 Å². The normalized spacial score (nSPS) is 23.1. The van der Waals surface area contributed by atoms with Crippen LogP contribution in [0.2, 0.25) is 0 Å². The number of rotatable bonds is 4. The van der Waals surface area contributed by atoms with E-state index in [0.717, 1.165) is 32.8 Å². The van der Waals surface area contributed by atoms with Gasteiger partial charge in [0.1, 0.15) is 0 Å². The van der Waals surface area contributed by atoms with Crippen LogP contribution < -0.4 is 5.73 Å². The van der Waals surface area contributed by atoms with Gasteiger partial charge in [-0.25, -0.2) is 0 Å². The maximum atomic E-state index is 5.68. The summed E-state index contributed by atoms with van der Waals surface area (Å²) in [6, 6.07) is 1.93. The van der Waals surface area contributed by atoms with Gasteiger partial charge in [-0.05, 0) is 6.07 Å². The van der Waals surface area contributed by atoms with Crippen molar-refractivity contribution in [2.75, 3.05) is 32.8 Å². The summed E-state index contributed by atoms with van der Waals surface area (Å²) in [4.78, 5) is 2.34. The van der Waals surface area contributed by atoms with Gasteiger partial charge in [-0.2, -0.15) is 5.10 Å². The van der Waals surface area contributed by atoms with Crippen molar-refractivity contribution in [2.45, 2.75) is 12.6 Å². The van der Waals surface area contributed by atoms with E-state index in [1.165, 1.54) is 0 Å². The van der Waals surface area contributed by atoms with Gasteiger partial charge in [0.15, 0.2) is 0 Å². The highest BCUT2D eigenvalue weighted by Crippen LogP contribution is 2.06. The molecule has 1 aliphatic heterocycles. The summed E-state index contributed by atoms with van der Waals surface area (Å²) in [5.74, 6) is 0. The lowest BCUT2D eigenvalue weighted by Crippen LogP contribution is -2.45. The van der Waals surface area contributed by atoms with Gasteiger partial charge in [-0.3, -0.25) is 9.58 Å². The topological polar surface area (TPSA) is 56.3 Å². The van der Waals surface area contributed by atoms with Crippen molar-refractivity contribution < 1.29 is 4.74 Å². The number of morpholine rings is 1. The van der Waals surface area contributed by atoms with Gasteiger partial charge in [-0.15, -0.1) is 0 Å². The van der Waals surface area contributed by atoms with Crippen LogP contribution in [0.4, 0.5) is 0 Å². The van der Waals surface area contributed by atoms with Crippen molar-refractivity contribution in [3.8, 4) is 0 Å². The minimum atomic E-state index is 0.241. The molecule has 5 nitrogen and oxygen atoms in total. The molecule has 84 valence electrons. The zero-order valence-electron chi connectivity index (χ0n) is 8.88. The van der Waals surface area contributed by atoms with Gasteiger partial charge < -0.3 is 10.5 Å². The molecule has 0 aromatic carbocycles. The van der Waals surface area contributed by atoms with E-state index >= 15 is 0 Å². The molecule has 1 aromatic rings. The predicted molar refractivity (Wildman–Crippen MR) is 57.5 cm³/mol. The lowest BCUT2D eigenvalue weighted by atomic mass is 10.2. The highest BCUT2D eigenvalue weighted by atomic mass is 16.5. The van der Waals surface area contributed by atoms with E-state index in [-0.39, 0.29) is 6.10 Å². The van der Waals surface area contributed by atoms with Gasteiger partial charge in [0.05, 0.1) is 19.3 Å². The molecule has 1 atom stereocenters. The van der Waals surface area contributed by atoms with E-state index in [4.69, 9.17) is 10.5 Å². The van der Waals surface area contributed by atoms with Crippen molar-refractivity contribution in [1.29, 1.82) is 0 Å². The van der Waals surface area contributed by atoms with E-state index < -0.39 is 0 Å². The molecule has 0 amide bonds. The Morgan fingerprint density at radius 2 is 2.47 bits per heavy atom. The maximum Gasteiger partial charge on any atom is 0.0898 e. The summed E-state index contributed by atoms with van der Waals surface area (Å²) in [7, 11) is 0. The first kappa shape index (κ1) is 10.6. The molecule has 0 radical (unpaired) electrons. The van der Waals surface area contributed by atoms with Gasteiger partial charge in [-0.1, -0.05) is 0 Å². The van der Waals surface area contributed by atoms with E-state index in [2.05, 4.69) is 10.00 Å². The molecular weight excluding hydrogens is 192 g/mol. The molecule has 1 aliphatic rings. The molecule has 2 N–H and O–H groups in total. The van der Waals surface area contributed by atoms with Crippen molar-refractivity contribution in [2.24, 2.45) is 5.73 Å². The molecule has 5 heteroatoms. The smallest absolute Gasteiger partial charge is 0.0898 e. The Bertz CT molecular complexity index is 273. The lowest BCUT2D eigenvalue weighted by molar-refractivity contribution is -0.0364. The average molecular weight is 210 g/mol. The lowest BCUT2D eigenvalue weighted by Gasteiger charge is -2.32. The third-order valence-electron chi connectivity index (χ3n) is 2.62. The Balaban J connectivity index is 1.82. The number of hydrogen-bond donors (Lipinski definition) is 1. The van der Waals surface area contributed by atoms with Crippen molar-refractivity contribution in [1.82, 2.24) is 14.7 Å². The molecule has 1 fully saturated rings. The average Bonchev–Trinajstić information content (AvgIpc) is 2.71.